The van der Waals surface area contributed by atoms with Crippen molar-refractivity contribution in [2.45, 2.75) is 74.7 Å². The maximum atomic E-state index is 6.25. The van der Waals surface area contributed by atoms with E-state index < -0.39 is 5.41 Å². The van der Waals surface area contributed by atoms with Gasteiger partial charge in [0.25, 0.3) is 0 Å². The molecule has 0 fully saturated rings. The van der Waals surface area contributed by atoms with Crippen molar-refractivity contribution in [3.8, 4) is 5.75 Å². The zero-order valence-electron chi connectivity index (χ0n) is 23.8. The van der Waals surface area contributed by atoms with E-state index in [-0.39, 0.29) is 0 Å². The molecule has 2 heteroatoms. The summed E-state index contributed by atoms with van der Waals surface area (Å²) in [4.78, 5) is 0. The van der Waals surface area contributed by atoms with Crippen molar-refractivity contribution in [3.05, 3.63) is 109 Å². The highest BCUT2D eigenvalue weighted by Gasteiger charge is 2.47. The smallest absolute Gasteiger partial charge is 0.137 e. The van der Waals surface area contributed by atoms with E-state index >= 15 is 0 Å². The van der Waals surface area contributed by atoms with Crippen molar-refractivity contribution in [1.82, 2.24) is 0 Å². The Balaban J connectivity index is 1.97. The summed E-state index contributed by atoms with van der Waals surface area (Å²) in [5.74, 6) is 0.865. The lowest BCUT2D eigenvalue weighted by Crippen LogP contribution is -2.34. The van der Waals surface area contributed by atoms with Gasteiger partial charge in [-0.15, -0.1) is 0 Å². The number of ether oxygens (including phenoxy) is 1. The lowest BCUT2D eigenvalue weighted by atomic mass is 9.62. The fourth-order valence-corrected chi connectivity index (χ4v) is 7.18. The Hall–Kier alpha value is -3.52. The molecule has 0 N–H and O–H groups in total. The molecule has 1 aromatic heterocycles. The highest BCUT2D eigenvalue weighted by molar-refractivity contribution is 5.98. The summed E-state index contributed by atoms with van der Waals surface area (Å²) in [5.41, 5.74) is 20.8. The van der Waals surface area contributed by atoms with Crippen LogP contribution in [0.25, 0.3) is 22.1 Å². The number of benzene rings is 3. The molecule has 1 aliphatic heterocycles. The van der Waals surface area contributed by atoms with Crippen LogP contribution in [0.5, 0.6) is 5.75 Å². The Morgan fingerprint density at radius 3 is 1.65 bits per heavy atom. The summed E-state index contributed by atoms with van der Waals surface area (Å²) in [7, 11) is 0. The molecule has 37 heavy (non-hydrogen) atoms. The summed E-state index contributed by atoms with van der Waals surface area (Å²) >= 11 is 0. The lowest BCUT2D eigenvalue weighted by molar-refractivity contribution is 0.443. The first-order valence-electron chi connectivity index (χ1n) is 13.3. The van der Waals surface area contributed by atoms with E-state index in [4.69, 9.17) is 9.15 Å². The minimum Gasteiger partial charge on any atom is -0.465 e. The third-order valence-corrected chi connectivity index (χ3v) is 9.97. The molecule has 3 aromatic carbocycles. The van der Waals surface area contributed by atoms with Gasteiger partial charge in [0.15, 0.2) is 0 Å². The third-order valence-electron chi connectivity index (χ3n) is 9.97. The molecule has 0 amide bonds. The summed E-state index contributed by atoms with van der Waals surface area (Å²) in [6.45, 7) is 23.0. The van der Waals surface area contributed by atoms with Crippen molar-refractivity contribution < 1.29 is 9.15 Å². The Bertz CT molecular complexity index is 1660. The standard InChI is InChI=1S/C35H36O2/c1-17-19(3)25(9)33-31(21(17)5)23(7)24(8)32-22(6)18(2)20(4)26(10)34(32)35(33)12-14-37-30-16-29-27(11-13-36-29)15-28(30)35/h11-16H,1-10H3. The molecule has 0 atom stereocenters. The summed E-state index contributed by atoms with van der Waals surface area (Å²) in [6, 6.07) is 6.43. The van der Waals surface area contributed by atoms with Gasteiger partial charge in [-0.25, -0.2) is 0 Å². The van der Waals surface area contributed by atoms with Crippen molar-refractivity contribution in [2.24, 2.45) is 0 Å². The molecule has 0 radical (unpaired) electrons. The monoisotopic (exact) mass is 488 g/mol. The van der Waals surface area contributed by atoms with Crippen LogP contribution in [0.15, 0.2) is 41.2 Å². The van der Waals surface area contributed by atoms with Gasteiger partial charge in [-0.05, 0) is 165 Å². The van der Waals surface area contributed by atoms with E-state index in [1.165, 1.54) is 83.5 Å². The quantitative estimate of drug-likeness (QED) is 0.246. The van der Waals surface area contributed by atoms with Crippen molar-refractivity contribution in [3.63, 3.8) is 0 Å². The van der Waals surface area contributed by atoms with Gasteiger partial charge in [-0.3, -0.25) is 0 Å². The molecular formula is C35H36O2. The predicted molar refractivity (Wildman–Crippen MR) is 155 cm³/mol. The van der Waals surface area contributed by atoms with E-state index in [0.29, 0.717) is 0 Å². The topological polar surface area (TPSA) is 22.4 Å². The van der Waals surface area contributed by atoms with Crippen LogP contribution in [0, 0.1) is 55.4 Å². The summed E-state index contributed by atoms with van der Waals surface area (Å²) in [6.07, 6.45) is 6.01. The number of rotatable bonds is 0. The lowest BCUT2D eigenvalue weighted by Gasteiger charge is -2.41. The SMILES string of the molecule is CC1=C(C)c2c(C)c(C)c(C)c(C)c2C2(C=COc3cc4occc4cc32)c2c(C)c(C)c(C)c(C)c21. The molecule has 0 unspecified atom stereocenters. The summed E-state index contributed by atoms with van der Waals surface area (Å²) < 4.78 is 12.0. The van der Waals surface area contributed by atoms with Gasteiger partial charge in [-0.1, -0.05) is 0 Å². The molecule has 0 bridgehead atoms. The van der Waals surface area contributed by atoms with E-state index in [0.717, 1.165) is 16.7 Å². The number of hydrogen-bond acceptors (Lipinski definition) is 2. The predicted octanol–water partition coefficient (Wildman–Crippen LogP) is 9.40. The summed E-state index contributed by atoms with van der Waals surface area (Å²) in [5, 5.41) is 1.10. The number of fused-ring (bicyclic) bond motifs is 7. The van der Waals surface area contributed by atoms with Crippen molar-refractivity contribution in [2.75, 3.05) is 0 Å². The normalized spacial score (nSPS) is 15.5. The van der Waals surface area contributed by atoms with E-state index in [2.05, 4.69) is 93.5 Å². The molecular weight excluding hydrogens is 452 g/mol. The van der Waals surface area contributed by atoms with Crippen LogP contribution in [-0.4, -0.2) is 0 Å². The minimum atomic E-state index is -0.497. The maximum absolute atomic E-state index is 6.25. The highest BCUT2D eigenvalue weighted by Crippen LogP contribution is 2.58. The van der Waals surface area contributed by atoms with Crippen LogP contribution < -0.4 is 4.74 Å². The number of furan rings is 1. The van der Waals surface area contributed by atoms with Crippen LogP contribution in [0.2, 0.25) is 0 Å². The van der Waals surface area contributed by atoms with Gasteiger partial charge >= 0.3 is 0 Å². The van der Waals surface area contributed by atoms with Crippen molar-refractivity contribution in [1.29, 1.82) is 0 Å². The average molecular weight is 489 g/mol. The first kappa shape index (κ1) is 23.9. The second-order valence-electron chi connectivity index (χ2n) is 11.3. The van der Waals surface area contributed by atoms with E-state index in [9.17, 15) is 0 Å². The Morgan fingerprint density at radius 2 is 1.11 bits per heavy atom. The van der Waals surface area contributed by atoms with Crippen LogP contribution in [-0.2, 0) is 5.41 Å². The maximum Gasteiger partial charge on any atom is 0.137 e. The van der Waals surface area contributed by atoms with Crippen LogP contribution in [0.3, 0.4) is 0 Å². The Morgan fingerprint density at radius 1 is 0.595 bits per heavy atom. The van der Waals surface area contributed by atoms with Crippen molar-refractivity contribution >= 4 is 22.1 Å². The van der Waals surface area contributed by atoms with E-state index in [1.54, 1.807) is 6.26 Å². The minimum absolute atomic E-state index is 0.497. The molecule has 6 rings (SSSR count). The van der Waals surface area contributed by atoms with Gasteiger partial charge in [0.05, 0.1) is 17.9 Å². The van der Waals surface area contributed by atoms with Gasteiger partial charge in [-0.2, -0.15) is 0 Å². The molecule has 2 aliphatic rings. The second-order valence-corrected chi connectivity index (χ2v) is 11.3. The molecule has 2 nitrogen and oxygen atoms in total. The van der Waals surface area contributed by atoms with Gasteiger partial charge < -0.3 is 9.15 Å². The molecule has 1 aliphatic carbocycles. The zero-order valence-corrected chi connectivity index (χ0v) is 23.8. The number of allylic oxidation sites excluding steroid dienone is 3. The average Bonchev–Trinajstić information content (AvgIpc) is 3.32. The van der Waals surface area contributed by atoms with Gasteiger partial charge in [0.1, 0.15) is 11.3 Å². The van der Waals surface area contributed by atoms with E-state index in [1.807, 2.05) is 6.26 Å². The first-order chi connectivity index (χ1) is 17.5. The molecule has 2 heterocycles. The fraction of sp³-hybridized carbons (Fsp3) is 0.314. The molecule has 188 valence electrons. The Labute approximate surface area is 220 Å². The van der Waals surface area contributed by atoms with Crippen LogP contribution >= 0.6 is 0 Å². The number of hydrogen-bond donors (Lipinski definition) is 0. The van der Waals surface area contributed by atoms with Crippen LogP contribution in [0.4, 0.5) is 0 Å². The van der Waals surface area contributed by atoms with Gasteiger partial charge in [0.2, 0.25) is 0 Å². The largest absolute Gasteiger partial charge is 0.465 e. The first-order valence-corrected chi connectivity index (χ1v) is 13.3. The second kappa shape index (κ2) is 7.74. The highest BCUT2D eigenvalue weighted by atomic mass is 16.5. The van der Waals surface area contributed by atoms with Gasteiger partial charge in [0, 0.05) is 17.0 Å². The Kier molecular flexibility index (Phi) is 4.99. The van der Waals surface area contributed by atoms with Crippen LogP contribution in [0.1, 0.15) is 86.2 Å². The molecule has 0 saturated heterocycles. The zero-order chi connectivity index (χ0) is 26.5. The molecule has 0 saturated carbocycles. The molecule has 4 aromatic rings. The molecule has 1 spiro atoms. The fourth-order valence-electron chi connectivity index (χ4n) is 7.18. The third kappa shape index (κ3) is 2.82.